The van der Waals surface area contributed by atoms with Crippen LogP contribution < -0.4 is 10.6 Å². The summed E-state index contributed by atoms with van der Waals surface area (Å²) in [5, 5.41) is 10.9. The molecule has 1 atom stereocenters. The van der Waals surface area contributed by atoms with Gasteiger partial charge in [-0.3, -0.25) is 9.48 Å². The van der Waals surface area contributed by atoms with Crippen molar-refractivity contribution in [3.8, 4) is 0 Å². The monoisotopic (exact) mass is 363 g/mol. The zero-order valence-corrected chi connectivity index (χ0v) is 15.1. The highest BCUT2D eigenvalue weighted by molar-refractivity contribution is 6.32. The molecule has 0 aliphatic carbocycles. The zero-order chi connectivity index (χ0) is 17.8. The Bertz CT molecular complexity index is 748. The van der Waals surface area contributed by atoms with Crippen LogP contribution in [0.3, 0.4) is 0 Å². The van der Waals surface area contributed by atoms with E-state index in [0.717, 1.165) is 31.5 Å². The van der Waals surface area contributed by atoms with Crippen LogP contribution in [0, 0.1) is 0 Å². The molecule has 0 unspecified atom stereocenters. The van der Waals surface area contributed by atoms with Gasteiger partial charge < -0.3 is 15.5 Å². The summed E-state index contributed by atoms with van der Waals surface area (Å²) in [7, 11) is 1.84. The minimum atomic E-state index is 0.110. The Labute approximate surface area is 151 Å². The molecule has 0 aromatic carbocycles. The van der Waals surface area contributed by atoms with E-state index in [1.807, 2.05) is 18.1 Å². The van der Waals surface area contributed by atoms with Gasteiger partial charge >= 0.3 is 0 Å². The Morgan fingerprint density at radius 1 is 1.40 bits per heavy atom. The van der Waals surface area contributed by atoms with Crippen molar-refractivity contribution in [1.82, 2.24) is 24.6 Å². The van der Waals surface area contributed by atoms with Crippen LogP contribution in [0.15, 0.2) is 18.6 Å². The number of aromatic nitrogens is 4. The maximum absolute atomic E-state index is 11.8. The number of hydrogen-bond donors (Lipinski definition) is 2. The molecular formula is C16H22ClN7O. The lowest BCUT2D eigenvalue weighted by atomic mass is 10.0. The van der Waals surface area contributed by atoms with Crippen LogP contribution >= 0.6 is 11.6 Å². The number of rotatable bonds is 5. The molecule has 1 aliphatic rings. The van der Waals surface area contributed by atoms with Crippen molar-refractivity contribution in [1.29, 1.82) is 0 Å². The van der Waals surface area contributed by atoms with Gasteiger partial charge in [-0.15, -0.1) is 0 Å². The molecule has 0 spiro atoms. The summed E-state index contributed by atoms with van der Waals surface area (Å²) in [4.78, 5) is 22.3. The molecule has 0 radical (unpaired) electrons. The van der Waals surface area contributed by atoms with Gasteiger partial charge in [0, 0.05) is 39.3 Å². The number of aryl methyl sites for hydroxylation is 1. The van der Waals surface area contributed by atoms with Crippen LogP contribution in [0.4, 0.5) is 17.5 Å². The predicted molar refractivity (Wildman–Crippen MR) is 97.0 cm³/mol. The molecule has 3 rings (SSSR count). The lowest BCUT2D eigenvalue weighted by Crippen LogP contribution is -2.46. The molecule has 9 heteroatoms. The Hall–Kier alpha value is -2.35. The van der Waals surface area contributed by atoms with Gasteiger partial charge in [-0.25, -0.2) is 4.98 Å². The number of nitrogens with zero attached hydrogens (tertiary/aromatic N) is 5. The minimum absolute atomic E-state index is 0.110. The summed E-state index contributed by atoms with van der Waals surface area (Å²) in [6.45, 7) is 3.04. The van der Waals surface area contributed by atoms with E-state index in [4.69, 9.17) is 11.6 Å². The van der Waals surface area contributed by atoms with E-state index >= 15 is 0 Å². The molecule has 0 saturated carbocycles. The van der Waals surface area contributed by atoms with E-state index in [2.05, 4.69) is 25.7 Å². The molecule has 8 nitrogen and oxygen atoms in total. The third-order valence-electron chi connectivity index (χ3n) is 4.24. The number of carbonyl (C=O) groups is 1. The number of halogens is 1. The summed E-state index contributed by atoms with van der Waals surface area (Å²) in [6.07, 6.45) is 8.25. The van der Waals surface area contributed by atoms with Gasteiger partial charge in [0.15, 0.2) is 5.82 Å². The van der Waals surface area contributed by atoms with Crippen molar-refractivity contribution in [2.45, 2.75) is 32.2 Å². The molecule has 25 heavy (non-hydrogen) atoms. The molecular weight excluding hydrogens is 342 g/mol. The quantitative estimate of drug-likeness (QED) is 0.848. The van der Waals surface area contributed by atoms with E-state index in [1.54, 1.807) is 24.0 Å². The third-order valence-corrected chi connectivity index (χ3v) is 4.52. The highest BCUT2D eigenvalue weighted by Gasteiger charge is 2.24. The summed E-state index contributed by atoms with van der Waals surface area (Å²) < 4.78 is 1.69. The SMILES string of the molecule is CC(=O)N1CCCC[C@H]1CNc1nc(Nc2cnn(C)c2)ncc1Cl. The second-order valence-corrected chi connectivity index (χ2v) is 6.57. The van der Waals surface area contributed by atoms with Gasteiger partial charge in [0.25, 0.3) is 0 Å². The number of amides is 1. The van der Waals surface area contributed by atoms with Crippen molar-refractivity contribution in [2.24, 2.45) is 7.05 Å². The molecule has 134 valence electrons. The fourth-order valence-electron chi connectivity index (χ4n) is 3.01. The van der Waals surface area contributed by atoms with Crippen LogP contribution in [0.1, 0.15) is 26.2 Å². The molecule has 2 aromatic rings. The number of anilines is 3. The summed E-state index contributed by atoms with van der Waals surface area (Å²) in [6, 6.07) is 0.159. The van der Waals surface area contributed by atoms with Crippen molar-refractivity contribution in [3.05, 3.63) is 23.6 Å². The molecule has 1 amide bonds. The highest BCUT2D eigenvalue weighted by atomic mass is 35.5. The van der Waals surface area contributed by atoms with Crippen LogP contribution in [0.25, 0.3) is 0 Å². The van der Waals surface area contributed by atoms with Gasteiger partial charge in [0.05, 0.1) is 18.1 Å². The largest absolute Gasteiger partial charge is 0.367 e. The van der Waals surface area contributed by atoms with Gasteiger partial charge in [0.2, 0.25) is 11.9 Å². The zero-order valence-electron chi connectivity index (χ0n) is 14.4. The first-order valence-electron chi connectivity index (χ1n) is 8.32. The van der Waals surface area contributed by atoms with E-state index in [9.17, 15) is 4.79 Å². The molecule has 3 heterocycles. The van der Waals surface area contributed by atoms with Crippen LogP contribution in [0.5, 0.6) is 0 Å². The van der Waals surface area contributed by atoms with Crippen molar-refractivity contribution in [2.75, 3.05) is 23.7 Å². The summed E-state index contributed by atoms with van der Waals surface area (Å²) in [5.74, 6) is 1.10. The topological polar surface area (TPSA) is 88.0 Å². The average molecular weight is 364 g/mol. The average Bonchev–Trinajstić information content (AvgIpc) is 3.00. The standard InChI is InChI=1S/C16H22ClN7O/c1-11(25)24-6-4-3-5-13(24)8-18-15-14(17)9-19-16(22-15)21-12-7-20-23(2)10-12/h7,9-10,13H,3-6,8H2,1-2H3,(H2,18,19,21,22)/t13-/m0/s1. The minimum Gasteiger partial charge on any atom is -0.367 e. The van der Waals surface area contributed by atoms with Gasteiger partial charge in [-0.05, 0) is 19.3 Å². The normalized spacial score (nSPS) is 17.4. The first kappa shape index (κ1) is 17.5. The van der Waals surface area contributed by atoms with E-state index in [-0.39, 0.29) is 11.9 Å². The summed E-state index contributed by atoms with van der Waals surface area (Å²) >= 11 is 6.21. The second-order valence-electron chi connectivity index (χ2n) is 6.16. The van der Waals surface area contributed by atoms with E-state index in [0.29, 0.717) is 23.3 Å². The van der Waals surface area contributed by atoms with Crippen molar-refractivity contribution >= 4 is 35.0 Å². The number of nitrogens with one attached hydrogen (secondary N) is 2. The van der Waals surface area contributed by atoms with Crippen LogP contribution in [0.2, 0.25) is 5.02 Å². The lowest BCUT2D eigenvalue weighted by molar-refractivity contribution is -0.132. The molecule has 1 fully saturated rings. The Balaban J connectivity index is 1.67. The Kier molecular flexibility index (Phi) is 5.37. The number of likely N-dealkylation sites (tertiary alicyclic amines) is 1. The Morgan fingerprint density at radius 3 is 2.96 bits per heavy atom. The summed E-state index contributed by atoms with van der Waals surface area (Å²) in [5.41, 5.74) is 0.797. The van der Waals surface area contributed by atoms with Crippen LogP contribution in [-0.4, -0.2) is 49.7 Å². The third kappa shape index (κ3) is 4.39. The van der Waals surface area contributed by atoms with Gasteiger partial charge in [-0.2, -0.15) is 10.1 Å². The number of piperidine rings is 1. The van der Waals surface area contributed by atoms with E-state index < -0.39 is 0 Å². The van der Waals surface area contributed by atoms with Gasteiger partial charge in [-0.1, -0.05) is 11.6 Å². The first-order valence-corrected chi connectivity index (χ1v) is 8.70. The van der Waals surface area contributed by atoms with Gasteiger partial charge in [0.1, 0.15) is 5.02 Å². The first-order chi connectivity index (χ1) is 12.0. The second kappa shape index (κ2) is 7.69. The number of hydrogen-bond acceptors (Lipinski definition) is 6. The maximum Gasteiger partial charge on any atom is 0.229 e. The number of carbonyl (C=O) groups excluding carboxylic acids is 1. The van der Waals surface area contributed by atoms with Crippen molar-refractivity contribution in [3.63, 3.8) is 0 Å². The highest BCUT2D eigenvalue weighted by Crippen LogP contribution is 2.23. The Morgan fingerprint density at radius 2 is 2.24 bits per heavy atom. The fraction of sp³-hybridized carbons (Fsp3) is 0.500. The molecule has 1 aliphatic heterocycles. The van der Waals surface area contributed by atoms with E-state index in [1.165, 1.54) is 0 Å². The molecule has 2 N–H and O–H groups in total. The lowest BCUT2D eigenvalue weighted by Gasteiger charge is -2.35. The molecule has 0 bridgehead atoms. The van der Waals surface area contributed by atoms with Crippen LogP contribution in [-0.2, 0) is 11.8 Å². The molecule has 2 aromatic heterocycles. The predicted octanol–water partition coefficient (Wildman–Crippen LogP) is 2.42. The molecule has 1 saturated heterocycles. The fourth-order valence-corrected chi connectivity index (χ4v) is 3.17. The van der Waals surface area contributed by atoms with Crippen molar-refractivity contribution < 1.29 is 4.79 Å². The smallest absolute Gasteiger partial charge is 0.229 e. The maximum atomic E-state index is 11.8.